The summed E-state index contributed by atoms with van der Waals surface area (Å²) < 4.78 is 25.9. The number of rotatable bonds is 3. The van der Waals surface area contributed by atoms with E-state index in [0.29, 0.717) is 18.9 Å². The monoisotopic (exact) mass is 315 g/mol. The second-order valence-electron chi connectivity index (χ2n) is 6.22. The number of nitrogens with one attached hydrogen (secondary N) is 1. The van der Waals surface area contributed by atoms with Crippen LogP contribution in [-0.2, 0) is 9.84 Å². The topological polar surface area (TPSA) is 93.2 Å². The predicted molar refractivity (Wildman–Crippen MR) is 84.4 cm³/mol. The van der Waals surface area contributed by atoms with Gasteiger partial charge < -0.3 is 16.0 Å². The molecule has 0 aromatic carbocycles. The fraction of sp³-hybridized carbons (Fsp3) is 0.769. The van der Waals surface area contributed by atoms with Gasteiger partial charge in [-0.25, -0.2) is 13.1 Å². The van der Waals surface area contributed by atoms with Gasteiger partial charge in [0.15, 0.2) is 20.6 Å². The molecule has 1 aliphatic heterocycles. The fourth-order valence-corrected chi connectivity index (χ4v) is 3.85. The smallest absolute Gasteiger partial charge is 0.182 e. The minimum Gasteiger partial charge on any atom is -0.383 e. The van der Waals surface area contributed by atoms with Crippen molar-refractivity contribution >= 4 is 21.5 Å². The number of sulfone groups is 1. The van der Waals surface area contributed by atoms with Crippen molar-refractivity contribution in [3.05, 3.63) is 0 Å². The Balaban J connectivity index is 2.54. The molecule has 2 rings (SSSR count). The molecular formula is C13H25N5O2S. The fourth-order valence-electron chi connectivity index (χ4n) is 2.88. The largest absolute Gasteiger partial charge is 0.383 e. The summed E-state index contributed by atoms with van der Waals surface area (Å²) in [5.41, 5.74) is 6.05. The molecule has 0 saturated carbocycles. The van der Waals surface area contributed by atoms with E-state index in [1.807, 2.05) is 18.7 Å². The van der Waals surface area contributed by atoms with Gasteiger partial charge in [0, 0.05) is 37.5 Å². The van der Waals surface area contributed by atoms with Crippen molar-refractivity contribution in [3.8, 4) is 0 Å². The Morgan fingerprint density at radius 3 is 2.24 bits per heavy atom. The molecule has 0 amide bonds. The summed E-state index contributed by atoms with van der Waals surface area (Å²) in [5.74, 6) is 0.699. The van der Waals surface area contributed by atoms with Gasteiger partial charge in [-0.15, -0.1) is 0 Å². The summed E-state index contributed by atoms with van der Waals surface area (Å²) in [4.78, 5) is 2.16. The highest BCUT2D eigenvalue weighted by atomic mass is 32.2. The first-order valence-corrected chi connectivity index (χ1v) is 9.09. The summed E-state index contributed by atoms with van der Waals surface area (Å²) in [6, 6.07) is 0.551. The second kappa shape index (κ2) is 5.49. The van der Waals surface area contributed by atoms with E-state index in [1.165, 1.54) is 6.26 Å². The van der Waals surface area contributed by atoms with Crippen molar-refractivity contribution in [2.75, 3.05) is 30.0 Å². The van der Waals surface area contributed by atoms with Crippen molar-refractivity contribution in [1.82, 2.24) is 15.1 Å². The average Bonchev–Trinajstić information content (AvgIpc) is 2.65. The summed E-state index contributed by atoms with van der Waals surface area (Å²) in [6.45, 7) is 9.43. The van der Waals surface area contributed by atoms with Crippen LogP contribution in [0.2, 0.25) is 0 Å². The third-order valence-electron chi connectivity index (χ3n) is 3.60. The van der Waals surface area contributed by atoms with Crippen molar-refractivity contribution in [2.45, 2.75) is 50.7 Å². The molecule has 0 spiro atoms. The van der Waals surface area contributed by atoms with E-state index < -0.39 is 9.84 Å². The van der Waals surface area contributed by atoms with Crippen molar-refractivity contribution in [1.29, 1.82) is 0 Å². The van der Waals surface area contributed by atoms with Gasteiger partial charge in [0.05, 0.1) is 0 Å². The predicted octanol–water partition coefficient (Wildman–Crippen LogP) is 0.636. The number of hydrogen-bond acceptors (Lipinski definition) is 6. The van der Waals surface area contributed by atoms with Crippen LogP contribution in [0.25, 0.3) is 0 Å². The van der Waals surface area contributed by atoms with E-state index in [2.05, 4.69) is 24.3 Å². The second-order valence-corrected chi connectivity index (χ2v) is 8.17. The standard InChI is InChI=1S/C13H25N5O2S/c1-8(2)18-12(14)11(21(5,19)20)13(16-18)17-6-9(3)15-10(4)7-17/h8-10,15H,6-7,14H2,1-5H3. The molecule has 2 heterocycles. The highest BCUT2D eigenvalue weighted by Gasteiger charge is 2.31. The normalized spacial score (nSPS) is 23.8. The van der Waals surface area contributed by atoms with E-state index in [-0.39, 0.29) is 28.8 Å². The van der Waals surface area contributed by atoms with Gasteiger partial charge in [0.25, 0.3) is 0 Å². The number of nitrogens with two attached hydrogens (primary N) is 1. The van der Waals surface area contributed by atoms with Crippen LogP contribution >= 0.6 is 0 Å². The van der Waals surface area contributed by atoms with Crippen LogP contribution in [0.1, 0.15) is 33.7 Å². The Labute approximate surface area is 126 Å². The van der Waals surface area contributed by atoms with E-state index in [4.69, 9.17) is 5.73 Å². The van der Waals surface area contributed by atoms with Gasteiger partial charge in [0.2, 0.25) is 0 Å². The first kappa shape index (κ1) is 16.1. The molecule has 1 aromatic heterocycles. The molecule has 1 saturated heterocycles. The minimum absolute atomic E-state index is 0.0111. The molecule has 1 aliphatic rings. The van der Waals surface area contributed by atoms with Gasteiger partial charge in [-0.05, 0) is 27.7 Å². The molecule has 0 radical (unpaired) electrons. The van der Waals surface area contributed by atoms with Gasteiger partial charge in [0.1, 0.15) is 5.82 Å². The number of nitrogen functional groups attached to an aromatic ring is 1. The van der Waals surface area contributed by atoms with Crippen LogP contribution in [0.3, 0.4) is 0 Å². The third kappa shape index (κ3) is 3.16. The lowest BCUT2D eigenvalue weighted by atomic mass is 10.1. The number of aromatic nitrogens is 2. The van der Waals surface area contributed by atoms with Crippen LogP contribution in [-0.4, -0.2) is 49.6 Å². The molecule has 0 bridgehead atoms. The van der Waals surface area contributed by atoms with E-state index in [0.717, 1.165) is 0 Å². The molecule has 8 heteroatoms. The van der Waals surface area contributed by atoms with Crippen molar-refractivity contribution in [3.63, 3.8) is 0 Å². The molecule has 0 aliphatic carbocycles. The lowest BCUT2D eigenvalue weighted by Crippen LogP contribution is -2.54. The molecule has 7 nitrogen and oxygen atoms in total. The zero-order valence-electron chi connectivity index (χ0n) is 13.3. The Morgan fingerprint density at radius 1 is 1.29 bits per heavy atom. The summed E-state index contributed by atoms with van der Waals surface area (Å²) >= 11 is 0. The third-order valence-corrected chi connectivity index (χ3v) is 4.74. The Morgan fingerprint density at radius 2 is 1.81 bits per heavy atom. The first-order valence-electron chi connectivity index (χ1n) is 7.20. The molecule has 1 fully saturated rings. The van der Waals surface area contributed by atoms with Gasteiger partial charge >= 0.3 is 0 Å². The lowest BCUT2D eigenvalue weighted by Gasteiger charge is -2.36. The van der Waals surface area contributed by atoms with Crippen LogP contribution in [0.4, 0.5) is 11.6 Å². The molecule has 21 heavy (non-hydrogen) atoms. The SMILES string of the molecule is CC1CN(c2nn(C(C)C)c(N)c2S(C)(=O)=O)CC(C)N1. The van der Waals surface area contributed by atoms with E-state index >= 15 is 0 Å². The van der Waals surface area contributed by atoms with Gasteiger partial charge in [-0.2, -0.15) is 5.10 Å². The number of anilines is 2. The Hall–Kier alpha value is -1.28. The number of piperazine rings is 1. The highest BCUT2D eigenvalue weighted by Crippen LogP contribution is 2.32. The molecule has 120 valence electrons. The maximum atomic E-state index is 12.1. The van der Waals surface area contributed by atoms with Crippen LogP contribution in [0.5, 0.6) is 0 Å². The minimum atomic E-state index is -3.43. The average molecular weight is 315 g/mol. The quantitative estimate of drug-likeness (QED) is 0.850. The van der Waals surface area contributed by atoms with Crippen molar-refractivity contribution < 1.29 is 8.42 Å². The van der Waals surface area contributed by atoms with Crippen LogP contribution < -0.4 is 16.0 Å². The summed E-state index contributed by atoms with van der Waals surface area (Å²) in [7, 11) is -3.43. The van der Waals surface area contributed by atoms with E-state index in [9.17, 15) is 8.42 Å². The van der Waals surface area contributed by atoms with E-state index in [1.54, 1.807) is 4.68 Å². The zero-order chi connectivity index (χ0) is 15.9. The van der Waals surface area contributed by atoms with Gasteiger partial charge in [-0.3, -0.25) is 0 Å². The Bertz CT molecular complexity index is 613. The maximum Gasteiger partial charge on any atom is 0.182 e. The molecule has 2 unspecified atom stereocenters. The molecule has 3 N–H and O–H groups in total. The molecular weight excluding hydrogens is 290 g/mol. The van der Waals surface area contributed by atoms with Crippen molar-refractivity contribution in [2.24, 2.45) is 0 Å². The highest BCUT2D eigenvalue weighted by molar-refractivity contribution is 7.91. The zero-order valence-corrected chi connectivity index (χ0v) is 14.1. The Kier molecular flexibility index (Phi) is 4.21. The maximum absolute atomic E-state index is 12.1. The molecule has 1 aromatic rings. The van der Waals surface area contributed by atoms with Crippen LogP contribution in [0, 0.1) is 0 Å². The lowest BCUT2D eigenvalue weighted by molar-refractivity contribution is 0.402. The molecule has 2 atom stereocenters. The van der Waals surface area contributed by atoms with Gasteiger partial charge in [-0.1, -0.05) is 0 Å². The summed E-state index contributed by atoms with van der Waals surface area (Å²) in [6.07, 6.45) is 1.18. The number of hydrogen-bond donors (Lipinski definition) is 2. The number of nitrogens with zero attached hydrogens (tertiary/aromatic N) is 3. The first-order chi connectivity index (χ1) is 9.61. The van der Waals surface area contributed by atoms with Crippen LogP contribution in [0.15, 0.2) is 4.90 Å². The summed E-state index contributed by atoms with van der Waals surface area (Å²) in [5, 5.41) is 7.90.